The normalized spacial score (nSPS) is 20.8. The van der Waals surface area contributed by atoms with Crippen LogP contribution in [0.25, 0.3) is 0 Å². The van der Waals surface area contributed by atoms with Gasteiger partial charge in [0.25, 0.3) is 0 Å². The molecule has 3 heteroatoms. The number of rotatable bonds is 3. The molecule has 0 bridgehead atoms. The van der Waals surface area contributed by atoms with Crippen LogP contribution >= 0.6 is 11.6 Å². The topological polar surface area (TPSA) is 24.9 Å². The lowest BCUT2D eigenvalue weighted by Crippen LogP contribution is -2.10. The molecule has 0 aromatic carbocycles. The highest BCUT2D eigenvalue weighted by atomic mass is 35.5. The predicted molar refractivity (Wildman–Crippen MR) is 63.5 cm³/mol. The van der Waals surface area contributed by atoms with Gasteiger partial charge in [0.2, 0.25) is 0 Å². The van der Waals surface area contributed by atoms with E-state index in [2.05, 4.69) is 23.3 Å². The zero-order valence-corrected chi connectivity index (χ0v) is 9.85. The van der Waals surface area contributed by atoms with Gasteiger partial charge in [-0.3, -0.25) is 0 Å². The largest absolute Gasteiger partial charge is 0.316 e. The highest BCUT2D eigenvalue weighted by molar-refractivity contribution is 6.29. The molecule has 1 aromatic heterocycles. The molecule has 0 radical (unpaired) electrons. The fraction of sp³-hybridized carbons (Fsp3) is 0.583. The summed E-state index contributed by atoms with van der Waals surface area (Å²) in [5.41, 5.74) is 2.59. The monoisotopic (exact) mass is 224 g/mol. The van der Waals surface area contributed by atoms with Crippen LogP contribution in [0.1, 0.15) is 36.9 Å². The molecule has 1 fully saturated rings. The highest BCUT2D eigenvalue weighted by Gasteiger charge is 2.19. The van der Waals surface area contributed by atoms with Gasteiger partial charge in [0, 0.05) is 12.2 Å². The second-order valence-corrected chi connectivity index (χ2v) is 4.50. The molecule has 0 amide bonds. The van der Waals surface area contributed by atoms with Crippen molar-refractivity contribution in [2.75, 3.05) is 13.1 Å². The van der Waals surface area contributed by atoms with Gasteiger partial charge in [0.15, 0.2) is 0 Å². The first-order valence-electron chi connectivity index (χ1n) is 5.67. The Morgan fingerprint density at radius 1 is 1.53 bits per heavy atom. The van der Waals surface area contributed by atoms with Gasteiger partial charge in [-0.05, 0) is 36.9 Å². The molecule has 1 atom stereocenters. The maximum absolute atomic E-state index is 5.93. The number of hydrogen-bond acceptors (Lipinski definition) is 2. The van der Waals surface area contributed by atoms with Crippen molar-refractivity contribution in [3.05, 3.63) is 28.5 Å². The van der Waals surface area contributed by atoms with Crippen molar-refractivity contribution < 1.29 is 0 Å². The van der Waals surface area contributed by atoms with Crippen LogP contribution in [0.4, 0.5) is 0 Å². The first kappa shape index (κ1) is 10.9. The second-order valence-electron chi connectivity index (χ2n) is 4.11. The summed E-state index contributed by atoms with van der Waals surface area (Å²) in [6, 6.07) is 4.06. The summed E-state index contributed by atoms with van der Waals surface area (Å²) in [4.78, 5) is 4.45. The SMILES string of the molecule is CCCc1nc(Cl)ccc1[C@H]1CCNC1. The first-order valence-corrected chi connectivity index (χ1v) is 6.05. The Kier molecular flexibility index (Phi) is 3.60. The Balaban J connectivity index is 2.27. The van der Waals surface area contributed by atoms with Gasteiger partial charge in [-0.1, -0.05) is 31.0 Å². The smallest absolute Gasteiger partial charge is 0.129 e. The van der Waals surface area contributed by atoms with Crippen molar-refractivity contribution in [3.63, 3.8) is 0 Å². The lowest BCUT2D eigenvalue weighted by molar-refractivity contribution is 0.731. The van der Waals surface area contributed by atoms with E-state index >= 15 is 0 Å². The molecule has 0 saturated carbocycles. The Morgan fingerprint density at radius 3 is 3.07 bits per heavy atom. The molecule has 2 rings (SSSR count). The van der Waals surface area contributed by atoms with Gasteiger partial charge in [0.1, 0.15) is 5.15 Å². The number of halogens is 1. The summed E-state index contributed by atoms with van der Waals surface area (Å²) in [6.45, 7) is 4.39. The number of pyridine rings is 1. The standard InChI is InChI=1S/C12H17ClN2/c1-2-3-11-10(4-5-12(13)15-11)9-6-7-14-8-9/h4-5,9,14H,2-3,6-8H2,1H3/t9-/m0/s1. The van der Waals surface area contributed by atoms with Crippen molar-refractivity contribution in [1.82, 2.24) is 10.3 Å². The average molecular weight is 225 g/mol. The van der Waals surface area contributed by atoms with Gasteiger partial charge in [-0.2, -0.15) is 0 Å². The molecule has 1 N–H and O–H groups in total. The van der Waals surface area contributed by atoms with Crippen molar-refractivity contribution >= 4 is 11.6 Å². The molecule has 1 saturated heterocycles. The van der Waals surface area contributed by atoms with Gasteiger partial charge < -0.3 is 5.32 Å². The summed E-state index contributed by atoms with van der Waals surface area (Å²) in [5, 5.41) is 4.01. The van der Waals surface area contributed by atoms with E-state index in [1.807, 2.05) is 6.07 Å². The summed E-state index contributed by atoms with van der Waals surface area (Å²) in [7, 11) is 0. The van der Waals surface area contributed by atoms with Crippen LogP contribution < -0.4 is 5.32 Å². The third-order valence-electron chi connectivity index (χ3n) is 2.96. The van der Waals surface area contributed by atoms with E-state index in [-0.39, 0.29) is 0 Å². The van der Waals surface area contributed by atoms with Crippen LogP contribution in [0, 0.1) is 0 Å². The fourth-order valence-corrected chi connectivity index (χ4v) is 2.38. The molecular weight excluding hydrogens is 208 g/mol. The maximum atomic E-state index is 5.93. The molecule has 2 heterocycles. The minimum Gasteiger partial charge on any atom is -0.316 e. The van der Waals surface area contributed by atoms with E-state index in [9.17, 15) is 0 Å². The zero-order valence-electron chi connectivity index (χ0n) is 9.09. The van der Waals surface area contributed by atoms with E-state index in [1.165, 1.54) is 17.7 Å². The number of hydrogen-bond donors (Lipinski definition) is 1. The van der Waals surface area contributed by atoms with Crippen LogP contribution in [-0.4, -0.2) is 18.1 Å². The number of nitrogens with zero attached hydrogens (tertiary/aromatic N) is 1. The summed E-state index contributed by atoms with van der Waals surface area (Å²) < 4.78 is 0. The van der Waals surface area contributed by atoms with E-state index in [4.69, 9.17) is 11.6 Å². The molecule has 0 spiro atoms. The van der Waals surface area contributed by atoms with Crippen molar-refractivity contribution in [2.24, 2.45) is 0 Å². The van der Waals surface area contributed by atoms with Crippen LogP contribution in [0.2, 0.25) is 5.15 Å². The van der Waals surface area contributed by atoms with E-state index < -0.39 is 0 Å². The van der Waals surface area contributed by atoms with Crippen molar-refractivity contribution in [3.8, 4) is 0 Å². The third-order valence-corrected chi connectivity index (χ3v) is 3.17. The van der Waals surface area contributed by atoms with Gasteiger partial charge in [-0.25, -0.2) is 4.98 Å². The first-order chi connectivity index (χ1) is 7.31. The minimum absolute atomic E-state index is 0.619. The number of nitrogens with one attached hydrogen (secondary N) is 1. The summed E-state index contributed by atoms with van der Waals surface area (Å²) >= 11 is 5.93. The minimum atomic E-state index is 0.619. The van der Waals surface area contributed by atoms with Gasteiger partial charge >= 0.3 is 0 Å². The van der Waals surface area contributed by atoms with E-state index in [1.54, 1.807) is 0 Å². The number of aryl methyl sites for hydroxylation is 1. The molecule has 82 valence electrons. The van der Waals surface area contributed by atoms with Crippen LogP contribution in [-0.2, 0) is 6.42 Å². The molecule has 0 aliphatic carbocycles. The molecule has 15 heavy (non-hydrogen) atoms. The quantitative estimate of drug-likeness (QED) is 0.799. The molecule has 1 aliphatic rings. The zero-order chi connectivity index (χ0) is 10.7. The maximum Gasteiger partial charge on any atom is 0.129 e. The molecule has 0 unspecified atom stereocenters. The molecule has 1 aromatic rings. The lowest BCUT2D eigenvalue weighted by Gasteiger charge is -2.13. The van der Waals surface area contributed by atoms with E-state index in [0.717, 1.165) is 25.9 Å². The number of aromatic nitrogens is 1. The van der Waals surface area contributed by atoms with E-state index in [0.29, 0.717) is 11.1 Å². The van der Waals surface area contributed by atoms with Crippen LogP contribution in [0.15, 0.2) is 12.1 Å². The lowest BCUT2D eigenvalue weighted by atomic mass is 9.95. The summed E-state index contributed by atoms with van der Waals surface area (Å²) in [6.07, 6.45) is 3.38. The Morgan fingerprint density at radius 2 is 2.40 bits per heavy atom. The third kappa shape index (κ3) is 2.50. The highest BCUT2D eigenvalue weighted by Crippen LogP contribution is 2.26. The second kappa shape index (κ2) is 4.95. The van der Waals surface area contributed by atoms with Crippen molar-refractivity contribution in [2.45, 2.75) is 32.1 Å². The molecule has 2 nitrogen and oxygen atoms in total. The van der Waals surface area contributed by atoms with Gasteiger partial charge in [-0.15, -0.1) is 0 Å². The summed E-state index contributed by atoms with van der Waals surface area (Å²) in [5.74, 6) is 0.635. The Labute approximate surface area is 96.1 Å². The Bertz CT molecular complexity index is 332. The van der Waals surface area contributed by atoms with Crippen molar-refractivity contribution in [1.29, 1.82) is 0 Å². The van der Waals surface area contributed by atoms with Crippen LogP contribution in [0.3, 0.4) is 0 Å². The van der Waals surface area contributed by atoms with Gasteiger partial charge in [0.05, 0.1) is 0 Å². The van der Waals surface area contributed by atoms with Crippen LogP contribution in [0.5, 0.6) is 0 Å². The predicted octanol–water partition coefficient (Wildman–Crippen LogP) is 2.76. The molecule has 1 aliphatic heterocycles. The average Bonchev–Trinajstić information content (AvgIpc) is 2.71. The molecular formula is C12H17ClN2. The fourth-order valence-electron chi connectivity index (χ4n) is 2.21. The Hall–Kier alpha value is -0.600.